The van der Waals surface area contributed by atoms with Gasteiger partial charge in [-0.05, 0) is 6.92 Å². The van der Waals surface area contributed by atoms with Crippen molar-refractivity contribution in [3.05, 3.63) is 38.3 Å². The highest BCUT2D eigenvalue weighted by atomic mass is 32.1. The van der Waals surface area contributed by atoms with Crippen LogP contribution in [-0.4, -0.2) is 21.4 Å². The number of hydrogen-bond donors (Lipinski definition) is 3. The van der Waals surface area contributed by atoms with Crippen LogP contribution in [0.3, 0.4) is 0 Å². The lowest BCUT2D eigenvalue weighted by Gasteiger charge is -2.06. The van der Waals surface area contributed by atoms with Gasteiger partial charge in [0.05, 0.1) is 27.8 Å². The van der Waals surface area contributed by atoms with Gasteiger partial charge in [0.25, 0.3) is 5.69 Å². The number of hydrazine groups is 1. The zero-order valence-corrected chi connectivity index (χ0v) is 11.6. The van der Waals surface area contributed by atoms with Crippen LogP contribution < -0.4 is 16.6 Å². The molecular formula is C11H14N6O2S. The van der Waals surface area contributed by atoms with E-state index in [0.717, 1.165) is 17.1 Å². The van der Waals surface area contributed by atoms with E-state index in [-0.39, 0.29) is 11.5 Å². The summed E-state index contributed by atoms with van der Waals surface area (Å²) in [6, 6.07) is 2.64. The molecular weight excluding hydrogens is 280 g/mol. The van der Waals surface area contributed by atoms with Gasteiger partial charge < -0.3 is 10.7 Å². The number of rotatable bonds is 6. The van der Waals surface area contributed by atoms with Crippen molar-refractivity contribution in [1.29, 1.82) is 0 Å². The van der Waals surface area contributed by atoms with E-state index in [9.17, 15) is 10.1 Å². The van der Waals surface area contributed by atoms with E-state index < -0.39 is 4.92 Å². The minimum atomic E-state index is -0.489. The van der Waals surface area contributed by atoms with Gasteiger partial charge in [-0.1, -0.05) is 0 Å². The molecule has 0 aromatic carbocycles. The number of hydrogen-bond acceptors (Lipinski definition) is 8. The summed E-state index contributed by atoms with van der Waals surface area (Å²) in [5.41, 5.74) is 3.23. The molecule has 8 nitrogen and oxygen atoms in total. The molecule has 4 N–H and O–H groups in total. The largest absolute Gasteiger partial charge is 0.369 e. The van der Waals surface area contributed by atoms with Gasteiger partial charge in [-0.2, -0.15) is 0 Å². The number of thiazole rings is 1. The SMILES string of the molecule is Cc1nc(CCNc2cc([N+](=O)[O-])cc(NN)n2)cs1. The molecule has 0 saturated heterocycles. The fraction of sp³-hybridized carbons (Fsp3) is 0.273. The van der Waals surface area contributed by atoms with Crippen molar-refractivity contribution in [2.24, 2.45) is 5.84 Å². The molecule has 0 amide bonds. The Bertz CT molecular complexity index is 615. The molecule has 0 atom stereocenters. The van der Waals surface area contributed by atoms with Crippen LogP contribution in [-0.2, 0) is 6.42 Å². The van der Waals surface area contributed by atoms with Gasteiger partial charge >= 0.3 is 0 Å². The molecule has 0 aliphatic heterocycles. The maximum absolute atomic E-state index is 10.8. The number of nitrogens with two attached hydrogens (primary N) is 1. The summed E-state index contributed by atoms with van der Waals surface area (Å²) >= 11 is 1.59. The molecule has 0 saturated carbocycles. The Balaban J connectivity index is 2.01. The molecule has 2 rings (SSSR count). The quantitative estimate of drug-likeness (QED) is 0.421. The average molecular weight is 294 g/mol. The third-order valence-corrected chi connectivity index (χ3v) is 3.34. The lowest BCUT2D eigenvalue weighted by atomic mass is 10.3. The van der Waals surface area contributed by atoms with Crippen molar-refractivity contribution in [2.75, 3.05) is 17.3 Å². The molecule has 0 aliphatic carbocycles. The van der Waals surface area contributed by atoms with Crippen molar-refractivity contribution in [3.63, 3.8) is 0 Å². The van der Waals surface area contributed by atoms with Crippen LogP contribution in [0, 0.1) is 17.0 Å². The van der Waals surface area contributed by atoms with Gasteiger partial charge in [-0.3, -0.25) is 10.1 Å². The number of pyridine rings is 1. The van der Waals surface area contributed by atoms with E-state index in [4.69, 9.17) is 5.84 Å². The number of aryl methyl sites for hydroxylation is 1. The fourth-order valence-electron chi connectivity index (χ4n) is 1.63. The molecule has 9 heteroatoms. The van der Waals surface area contributed by atoms with Crippen molar-refractivity contribution in [3.8, 4) is 0 Å². The van der Waals surface area contributed by atoms with Gasteiger partial charge in [-0.15, -0.1) is 11.3 Å². The summed E-state index contributed by atoms with van der Waals surface area (Å²) in [4.78, 5) is 18.7. The first-order valence-corrected chi connectivity index (χ1v) is 6.74. The van der Waals surface area contributed by atoms with Crippen molar-refractivity contribution in [2.45, 2.75) is 13.3 Å². The summed E-state index contributed by atoms with van der Waals surface area (Å²) in [6.45, 7) is 2.53. The van der Waals surface area contributed by atoms with Gasteiger partial charge in [-0.25, -0.2) is 15.8 Å². The Morgan fingerprint density at radius 1 is 1.40 bits per heavy atom. The zero-order valence-electron chi connectivity index (χ0n) is 10.8. The van der Waals surface area contributed by atoms with Gasteiger partial charge in [0.1, 0.15) is 11.6 Å². The van der Waals surface area contributed by atoms with Crippen LogP contribution in [0.1, 0.15) is 10.7 Å². The lowest BCUT2D eigenvalue weighted by molar-refractivity contribution is -0.384. The van der Waals surface area contributed by atoms with Crippen LogP contribution in [0.5, 0.6) is 0 Å². The second-order valence-corrected chi connectivity index (χ2v) is 5.09. The van der Waals surface area contributed by atoms with Crippen LogP contribution in [0.15, 0.2) is 17.5 Å². The number of nitrogens with zero attached hydrogens (tertiary/aromatic N) is 3. The predicted octanol–water partition coefficient (Wildman–Crippen LogP) is 1.69. The number of nitrogen functional groups attached to an aromatic ring is 1. The Hall–Kier alpha value is -2.26. The fourth-order valence-corrected chi connectivity index (χ4v) is 2.27. The van der Waals surface area contributed by atoms with Crippen molar-refractivity contribution >= 4 is 28.7 Å². The molecule has 2 heterocycles. The number of anilines is 2. The van der Waals surface area contributed by atoms with E-state index in [1.165, 1.54) is 12.1 Å². The normalized spacial score (nSPS) is 10.3. The van der Waals surface area contributed by atoms with Crippen LogP contribution in [0.2, 0.25) is 0 Å². The van der Waals surface area contributed by atoms with Crippen LogP contribution >= 0.6 is 11.3 Å². The summed E-state index contributed by atoms with van der Waals surface area (Å²) < 4.78 is 0. The van der Waals surface area contributed by atoms with Crippen LogP contribution in [0.4, 0.5) is 17.3 Å². The highest BCUT2D eigenvalue weighted by Crippen LogP contribution is 2.20. The molecule has 0 aliphatic rings. The first-order chi connectivity index (χ1) is 9.58. The van der Waals surface area contributed by atoms with E-state index in [1.807, 2.05) is 12.3 Å². The molecule has 2 aromatic rings. The average Bonchev–Trinajstić information content (AvgIpc) is 2.84. The van der Waals surface area contributed by atoms with E-state index in [2.05, 4.69) is 20.7 Å². The number of nitro groups is 1. The molecule has 20 heavy (non-hydrogen) atoms. The van der Waals surface area contributed by atoms with Crippen molar-refractivity contribution in [1.82, 2.24) is 9.97 Å². The molecule has 0 unspecified atom stereocenters. The maximum Gasteiger partial charge on any atom is 0.276 e. The third kappa shape index (κ3) is 3.62. The van der Waals surface area contributed by atoms with E-state index in [0.29, 0.717) is 12.4 Å². The summed E-state index contributed by atoms with van der Waals surface area (Å²) in [5.74, 6) is 5.88. The zero-order chi connectivity index (χ0) is 14.5. The van der Waals surface area contributed by atoms with Crippen LogP contribution in [0.25, 0.3) is 0 Å². The summed E-state index contributed by atoms with van der Waals surface area (Å²) in [6.07, 6.45) is 0.722. The molecule has 106 valence electrons. The Labute approximate surface area is 119 Å². The molecule has 0 radical (unpaired) electrons. The van der Waals surface area contributed by atoms with Gasteiger partial charge in [0.2, 0.25) is 0 Å². The molecule has 0 fully saturated rings. The standard InChI is InChI=1S/C11H14N6O2S/c1-7-14-8(6-20-7)2-3-13-10-4-9(17(18)19)5-11(15-10)16-12/h4-6H,2-3,12H2,1H3,(H2,13,15,16). The second kappa shape index (κ2) is 6.26. The smallest absolute Gasteiger partial charge is 0.276 e. The topological polar surface area (TPSA) is 119 Å². The van der Waals surface area contributed by atoms with Gasteiger partial charge in [0, 0.05) is 18.3 Å². The number of aromatic nitrogens is 2. The Morgan fingerprint density at radius 2 is 2.15 bits per heavy atom. The first-order valence-electron chi connectivity index (χ1n) is 5.86. The molecule has 0 spiro atoms. The van der Waals surface area contributed by atoms with E-state index >= 15 is 0 Å². The van der Waals surface area contributed by atoms with E-state index in [1.54, 1.807) is 11.3 Å². The Kier molecular flexibility index (Phi) is 4.43. The minimum Gasteiger partial charge on any atom is -0.369 e. The first kappa shape index (κ1) is 14.2. The Morgan fingerprint density at radius 3 is 2.75 bits per heavy atom. The maximum atomic E-state index is 10.8. The highest BCUT2D eigenvalue weighted by Gasteiger charge is 2.10. The third-order valence-electron chi connectivity index (χ3n) is 2.52. The molecule has 0 bridgehead atoms. The van der Waals surface area contributed by atoms with Crippen molar-refractivity contribution < 1.29 is 4.92 Å². The summed E-state index contributed by atoms with van der Waals surface area (Å²) in [7, 11) is 0. The van der Waals surface area contributed by atoms with Gasteiger partial charge in [0.15, 0.2) is 0 Å². The number of nitrogens with one attached hydrogen (secondary N) is 2. The second-order valence-electron chi connectivity index (χ2n) is 4.03. The lowest BCUT2D eigenvalue weighted by Crippen LogP contribution is -2.12. The molecule has 2 aromatic heterocycles. The summed E-state index contributed by atoms with van der Waals surface area (Å²) in [5, 5.41) is 16.8. The minimum absolute atomic E-state index is 0.0695. The highest BCUT2D eigenvalue weighted by molar-refractivity contribution is 7.09. The predicted molar refractivity (Wildman–Crippen MR) is 77.7 cm³/mol. The monoisotopic (exact) mass is 294 g/mol.